The number of halogens is 1. The molecule has 0 saturated carbocycles. The SMILES string of the molecule is Cc1c(Cl)cccc1NC(=O)N1CCN(C2=CC3=NC[C@@H](C)N3C=N2)CC1. The van der Waals surface area contributed by atoms with Gasteiger partial charge in [-0.25, -0.2) is 9.79 Å². The number of amidine groups is 1. The third-order valence-electron chi connectivity index (χ3n) is 5.23. The largest absolute Gasteiger partial charge is 0.353 e. The molecule has 0 unspecified atom stereocenters. The first-order chi connectivity index (χ1) is 13.0. The molecule has 1 aromatic carbocycles. The first-order valence-electron chi connectivity index (χ1n) is 9.17. The lowest BCUT2D eigenvalue weighted by atomic mass is 10.2. The highest BCUT2D eigenvalue weighted by Gasteiger charge is 2.28. The van der Waals surface area contributed by atoms with Crippen LogP contribution in [0.5, 0.6) is 0 Å². The number of carbonyl (C=O) groups excluding carboxylic acids is 1. The van der Waals surface area contributed by atoms with Gasteiger partial charge in [0.1, 0.15) is 11.7 Å². The maximum Gasteiger partial charge on any atom is 0.321 e. The van der Waals surface area contributed by atoms with Gasteiger partial charge in [-0.15, -0.1) is 0 Å². The van der Waals surface area contributed by atoms with Crippen molar-refractivity contribution >= 4 is 35.5 Å². The van der Waals surface area contributed by atoms with Crippen molar-refractivity contribution in [2.45, 2.75) is 19.9 Å². The molecule has 4 rings (SSSR count). The van der Waals surface area contributed by atoms with Gasteiger partial charge in [0.2, 0.25) is 0 Å². The van der Waals surface area contributed by atoms with Crippen LogP contribution in [0.25, 0.3) is 0 Å². The average Bonchev–Trinajstić information content (AvgIpc) is 3.06. The zero-order chi connectivity index (χ0) is 19.0. The molecule has 0 bridgehead atoms. The summed E-state index contributed by atoms with van der Waals surface area (Å²) in [6.45, 7) is 7.62. The fraction of sp³-hybridized carbons (Fsp3) is 0.421. The Kier molecular flexibility index (Phi) is 4.78. The van der Waals surface area contributed by atoms with E-state index >= 15 is 0 Å². The van der Waals surface area contributed by atoms with Gasteiger partial charge in [0.05, 0.1) is 18.9 Å². The Morgan fingerprint density at radius 2 is 2.04 bits per heavy atom. The highest BCUT2D eigenvalue weighted by molar-refractivity contribution is 6.31. The van der Waals surface area contributed by atoms with Crippen LogP contribution in [0, 0.1) is 6.92 Å². The maximum absolute atomic E-state index is 12.6. The van der Waals surface area contributed by atoms with E-state index in [0.717, 1.165) is 42.5 Å². The Labute approximate surface area is 164 Å². The summed E-state index contributed by atoms with van der Waals surface area (Å²) < 4.78 is 0. The minimum Gasteiger partial charge on any atom is -0.353 e. The molecule has 3 aliphatic heterocycles. The topological polar surface area (TPSA) is 63.5 Å². The molecule has 7 nitrogen and oxygen atoms in total. The molecule has 0 aromatic heterocycles. The Hall–Kier alpha value is -2.54. The summed E-state index contributed by atoms with van der Waals surface area (Å²) >= 11 is 6.13. The molecule has 2 amide bonds. The lowest BCUT2D eigenvalue weighted by Crippen LogP contribution is -2.50. The van der Waals surface area contributed by atoms with Crippen molar-refractivity contribution in [3.8, 4) is 0 Å². The normalized spacial score (nSPS) is 21.7. The number of rotatable bonds is 2. The zero-order valence-corrected chi connectivity index (χ0v) is 16.3. The summed E-state index contributed by atoms with van der Waals surface area (Å²) in [4.78, 5) is 27.8. The molecular weight excluding hydrogens is 364 g/mol. The van der Waals surface area contributed by atoms with Crippen LogP contribution in [-0.4, -0.2) is 71.7 Å². The van der Waals surface area contributed by atoms with Crippen LogP contribution in [0.1, 0.15) is 12.5 Å². The molecule has 1 N–H and O–H groups in total. The van der Waals surface area contributed by atoms with Crippen molar-refractivity contribution in [2.24, 2.45) is 9.98 Å². The van der Waals surface area contributed by atoms with Gasteiger partial charge in [0.25, 0.3) is 0 Å². The number of urea groups is 1. The summed E-state index contributed by atoms with van der Waals surface area (Å²) in [6, 6.07) is 5.80. The Morgan fingerprint density at radius 3 is 2.81 bits per heavy atom. The number of amides is 2. The number of hydrogen-bond acceptors (Lipinski definition) is 5. The second-order valence-electron chi connectivity index (χ2n) is 7.02. The molecule has 1 atom stereocenters. The first kappa shape index (κ1) is 17.9. The zero-order valence-electron chi connectivity index (χ0n) is 15.5. The lowest BCUT2D eigenvalue weighted by Gasteiger charge is -2.37. The van der Waals surface area contributed by atoms with Crippen LogP contribution in [0.3, 0.4) is 0 Å². The van der Waals surface area contributed by atoms with Crippen LogP contribution in [-0.2, 0) is 0 Å². The molecule has 3 heterocycles. The number of piperazine rings is 1. The number of nitrogens with one attached hydrogen (secondary N) is 1. The number of aliphatic imine (C=N–C) groups is 2. The van der Waals surface area contributed by atoms with E-state index in [2.05, 4.69) is 32.0 Å². The summed E-state index contributed by atoms with van der Waals surface area (Å²) in [5.74, 6) is 1.90. The van der Waals surface area contributed by atoms with Crippen molar-refractivity contribution in [3.05, 3.63) is 40.7 Å². The van der Waals surface area contributed by atoms with Crippen LogP contribution in [0.4, 0.5) is 10.5 Å². The van der Waals surface area contributed by atoms with E-state index in [-0.39, 0.29) is 6.03 Å². The third-order valence-corrected chi connectivity index (χ3v) is 5.64. The minimum atomic E-state index is -0.0960. The molecule has 3 aliphatic rings. The molecule has 27 heavy (non-hydrogen) atoms. The Bertz CT molecular complexity index is 841. The Morgan fingerprint density at radius 1 is 1.26 bits per heavy atom. The lowest BCUT2D eigenvalue weighted by molar-refractivity contribution is 0.166. The molecule has 0 spiro atoms. The second kappa shape index (κ2) is 7.23. The van der Waals surface area contributed by atoms with E-state index in [9.17, 15) is 4.79 Å². The highest BCUT2D eigenvalue weighted by Crippen LogP contribution is 2.24. The van der Waals surface area contributed by atoms with Gasteiger partial charge in [-0.05, 0) is 31.5 Å². The van der Waals surface area contributed by atoms with E-state index in [0.29, 0.717) is 24.2 Å². The van der Waals surface area contributed by atoms with Crippen molar-refractivity contribution in [1.82, 2.24) is 14.7 Å². The van der Waals surface area contributed by atoms with Gasteiger partial charge in [-0.2, -0.15) is 0 Å². The molecule has 8 heteroatoms. The quantitative estimate of drug-likeness (QED) is 0.850. The molecule has 0 aliphatic carbocycles. The number of hydrogen-bond donors (Lipinski definition) is 1. The smallest absolute Gasteiger partial charge is 0.321 e. The number of carbonyl (C=O) groups is 1. The number of fused-ring (bicyclic) bond motifs is 1. The third kappa shape index (κ3) is 3.51. The highest BCUT2D eigenvalue weighted by atomic mass is 35.5. The van der Waals surface area contributed by atoms with Gasteiger partial charge >= 0.3 is 6.03 Å². The summed E-state index contributed by atoms with van der Waals surface area (Å²) in [6.07, 6.45) is 3.90. The fourth-order valence-electron chi connectivity index (χ4n) is 3.44. The van der Waals surface area contributed by atoms with Gasteiger partial charge in [0, 0.05) is 43.0 Å². The predicted octanol–water partition coefficient (Wildman–Crippen LogP) is 2.78. The summed E-state index contributed by atoms with van der Waals surface area (Å²) in [5, 5.41) is 3.62. The molecule has 0 radical (unpaired) electrons. The van der Waals surface area contributed by atoms with E-state index in [1.807, 2.05) is 42.4 Å². The van der Waals surface area contributed by atoms with Crippen LogP contribution < -0.4 is 5.32 Å². The van der Waals surface area contributed by atoms with E-state index in [4.69, 9.17) is 11.6 Å². The van der Waals surface area contributed by atoms with Crippen LogP contribution in [0.2, 0.25) is 5.02 Å². The molecular formula is C19H23ClN6O. The molecule has 142 valence electrons. The fourth-order valence-corrected chi connectivity index (χ4v) is 3.61. The monoisotopic (exact) mass is 386 g/mol. The number of nitrogens with zero attached hydrogens (tertiary/aromatic N) is 5. The molecule has 1 saturated heterocycles. The molecule has 1 fully saturated rings. The average molecular weight is 387 g/mol. The van der Waals surface area contributed by atoms with E-state index in [1.54, 1.807) is 0 Å². The van der Waals surface area contributed by atoms with Crippen LogP contribution in [0.15, 0.2) is 40.1 Å². The van der Waals surface area contributed by atoms with E-state index in [1.165, 1.54) is 0 Å². The van der Waals surface area contributed by atoms with Gasteiger partial charge in [-0.1, -0.05) is 17.7 Å². The number of anilines is 1. The van der Waals surface area contributed by atoms with Crippen LogP contribution >= 0.6 is 11.6 Å². The summed E-state index contributed by atoms with van der Waals surface area (Å²) in [7, 11) is 0. The van der Waals surface area contributed by atoms with Gasteiger partial charge < -0.3 is 20.0 Å². The van der Waals surface area contributed by atoms with Crippen molar-refractivity contribution < 1.29 is 4.79 Å². The minimum absolute atomic E-state index is 0.0960. The summed E-state index contributed by atoms with van der Waals surface area (Å²) in [5.41, 5.74) is 1.63. The Balaban J connectivity index is 1.35. The number of benzene rings is 1. The van der Waals surface area contributed by atoms with Crippen molar-refractivity contribution in [2.75, 3.05) is 38.0 Å². The van der Waals surface area contributed by atoms with E-state index < -0.39 is 0 Å². The standard InChI is InChI=1S/C19H23ClN6O/c1-13-11-21-18-10-17(22-12-26(13)18)24-6-8-25(9-7-24)19(27)23-16-5-3-4-15(20)14(16)2/h3-5,10,12-13H,6-9,11H2,1-2H3,(H,23,27)/t13-/m1/s1. The van der Waals surface area contributed by atoms with Crippen molar-refractivity contribution in [1.29, 1.82) is 0 Å². The van der Waals surface area contributed by atoms with Crippen molar-refractivity contribution in [3.63, 3.8) is 0 Å². The van der Waals surface area contributed by atoms with Gasteiger partial charge in [0.15, 0.2) is 0 Å². The first-order valence-corrected chi connectivity index (χ1v) is 9.55. The predicted molar refractivity (Wildman–Crippen MR) is 109 cm³/mol. The second-order valence-corrected chi connectivity index (χ2v) is 7.43. The molecule has 1 aromatic rings. The van der Waals surface area contributed by atoms with Gasteiger partial charge in [-0.3, -0.25) is 4.99 Å². The maximum atomic E-state index is 12.6.